The van der Waals surface area contributed by atoms with Crippen LogP contribution in [0.2, 0.25) is 0 Å². The summed E-state index contributed by atoms with van der Waals surface area (Å²) < 4.78 is 0. The zero-order chi connectivity index (χ0) is 14.3. The molecule has 0 amide bonds. The number of nitrogens with zero attached hydrogens (tertiary/aromatic N) is 2. The van der Waals surface area contributed by atoms with Crippen LogP contribution >= 0.6 is 0 Å². The van der Waals surface area contributed by atoms with Crippen molar-refractivity contribution < 1.29 is 4.84 Å². The maximum atomic E-state index is 5.71. The SMILES string of the molecule is C(=C\c1ccccc1)/C1=NCC(CN2CCCCC2)ON1. The average molecular weight is 285 g/mol. The van der Waals surface area contributed by atoms with Crippen LogP contribution in [0.1, 0.15) is 24.8 Å². The molecular weight excluding hydrogens is 262 g/mol. The summed E-state index contributed by atoms with van der Waals surface area (Å²) in [7, 11) is 0. The first-order valence-electron chi connectivity index (χ1n) is 7.82. The number of hydrogen-bond donors (Lipinski definition) is 1. The predicted octanol–water partition coefficient (Wildman–Crippen LogP) is 2.49. The van der Waals surface area contributed by atoms with Gasteiger partial charge in [-0.1, -0.05) is 42.8 Å². The number of hydrogen-bond acceptors (Lipinski definition) is 4. The number of piperidine rings is 1. The van der Waals surface area contributed by atoms with Crippen molar-refractivity contribution in [3.8, 4) is 0 Å². The molecule has 3 rings (SSSR count). The summed E-state index contributed by atoms with van der Waals surface area (Å²) in [4.78, 5) is 12.7. The van der Waals surface area contributed by atoms with E-state index in [4.69, 9.17) is 4.84 Å². The summed E-state index contributed by atoms with van der Waals surface area (Å²) in [5, 5.41) is 0. The van der Waals surface area contributed by atoms with Crippen molar-refractivity contribution >= 4 is 11.9 Å². The van der Waals surface area contributed by atoms with Gasteiger partial charge in [0.05, 0.1) is 6.54 Å². The minimum Gasteiger partial charge on any atom is -0.301 e. The molecule has 4 heteroatoms. The molecule has 1 aromatic carbocycles. The van der Waals surface area contributed by atoms with Gasteiger partial charge in [0.15, 0.2) is 0 Å². The van der Waals surface area contributed by atoms with Crippen molar-refractivity contribution in [2.24, 2.45) is 4.99 Å². The summed E-state index contributed by atoms with van der Waals surface area (Å²) in [5.74, 6) is 0.800. The lowest BCUT2D eigenvalue weighted by atomic mass is 10.1. The fraction of sp³-hybridized carbons (Fsp3) is 0.471. The first-order valence-corrected chi connectivity index (χ1v) is 7.82. The molecule has 1 unspecified atom stereocenters. The Labute approximate surface area is 126 Å². The Morgan fingerprint density at radius 2 is 1.95 bits per heavy atom. The van der Waals surface area contributed by atoms with E-state index in [1.807, 2.05) is 30.4 Å². The number of hydroxylamine groups is 1. The van der Waals surface area contributed by atoms with Gasteiger partial charge >= 0.3 is 0 Å². The molecule has 0 spiro atoms. The molecule has 1 aromatic rings. The zero-order valence-corrected chi connectivity index (χ0v) is 12.4. The van der Waals surface area contributed by atoms with Gasteiger partial charge in [-0.15, -0.1) is 0 Å². The molecule has 1 saturated heterocycles. The lowest BCUT2D eigenvalue weighted by Crippen LogP contribution is -2.44. The Kier molecular flexibility index (Phi) is 5.03. The summed E-state index contributed by atoms with van der Waals surface area (Å²) in [6.45, 7) is 4.11. The van der Waals surface area contributed by atoms with E-state index in [1.165, 1.54) is 32.4 Å². The molecule has 1 atom stereocenters. The topological polar surface area (TPSA) is 36.9 Å². The fourth-order valence-electron chi connectivity index (χ4n) is 2.76. The smallest absolute Gasteiger partial charge is 0.145 e. The van der Waals surface area contributed by atoms with Gasteiger partial charge in [0.25, 0.3) is 0 Å². The maximum Gasteiger partial charge on any atom is 0.145 e. The summed E-state index contributed by atoms with van der Waals surface area (Å²) in [6.07, 6.45) is 8.17. The van der Waals surface area contributed by atoms with Gasteiger partial charge < -0.3 is 4.90 Å². The number of benzene rings is 1. The van der Waals surface area contributed by atoms with Crippen LogP contribution in [-0.2, 0) is 4.84 Å². The van der Waals surface area contributed by atoms with Crippen LogP contribution in [0.3, 0.4) is 0 Å². The van der Waals surface area contributed by atoms with Crippen molar-refractivity contribution in [2.45, 2.75) is 25.4 Å². The third kappa shape index (κ3) is 4.41. The van der Waals surface area contributed by atoms with Gasteiger partial charge in [-0.25, -0.2) is 5.48 Å². The lowest BCUT2D eigenvalue weighted by molar-refractivity contribution is -0.0154. The minimum atomic E-state index is 0.164. The first-order chi connectivity index (χ1) is 10.4. The first kappa shape index (κ1) is 14.3. The Morgan fingerprint density at radius 1 is 1.14 bits per heavy atom. The highest BCUT2D eigenvalue weighted by molar-refractivity contribution is 5.96. The van der Waals surface area contributed by atoms with Crippen LogP contribution in [0.15, 0.2) is 41.4 Å². The second-order valence-electron chi connectivity index (χ2n) is 5.67. The molecule has 0 radical (unpaired) electrons. The van der Waals surface area contributed by atoms with Gasteiger partial charge in [-0.05, 0) is 37.6 Å². The van der Waals surface area contributed by atoms with E-state index in [1.54, 1.807) is 0 Å². The average Bonchev–Trinajstić information content (AvgIpc) is 2.56. The van der Waals surface area contributed by atoms with Gasteiger partial charge in [0.2, 0.25) is 0 Å². The van der Waals surface area contributed by atoms with E-state index >= 15 is 0 Å². The van der Waals surface area contributed by atoms with Crippen LogP contribution in [0.5, 0.6) is 0 Å². The number of nitrogens with one attached hydrogen (secondary N) is 1. The second kappa shape index (κ2) is 7.38. The quantitative estimate of drug-likeness (QED) is 0.923. The van der Waals surface area contributed by atoms with Crippen LogP contribution in [0, 0.1) is 0 Å². The van der Waals surface area contributed by atoms with Gasteiger partial charge in [0, 0.05) is 6.54 Å². The number of rotatable bonds is 4. The third-order valence-corrected chi connectivity index (χ3v) is 3.94. The standard InChI is InChI=1S/C17H23N3O/c1-3-7-15(8-4-1)9-10-17-18-13-16(21-19-17)14-20-11-5-2-6-12-20/h1,3-4,7-10,16H,2,5-6,11-14H2,(H,18,19)/b10-9+. The van der Waals surface area contributed by atoms with Crippen molar-refractivity contribution in [3.05, 3.63) is 42.0 Å². The highest BCUT2D eigenvalue weighted by atomic mass is 16.7. The third-order valence-electron chi connectivity index (χ3n) is 3.94. The van der Waals surface area contributed by atoms with Crippen LogP contribution in [0.25, 0.3) is 6.08 Å². The van der Waals surface area contributed by atoms with Crippen molar-refractivity contribution in [1.82, 2.24) is 10.4 Å². The lowest BCUT2D eigenvalue weighted by Gasteiger charge is -2.31. The Balaban J connectivity index is 1.48. The molecule has 4 nitrogen and oxygen atoms in total. The van der Waals surface area contributed by atoms with Crippen LogP contribution in [-0.4, -0.2) is 43.0 Å². The van der Waals surface area contributed by atoms with E-state index in [2.05, 4.69) is 27.5 Å². The van der Waals surface area contributed by atoms with Crippen molar-refractivity contribution in [1.29, 1.82) is 0 Å². The number of aliphatic imine (C=N–C) groups is 1. The van der Waals surface area contributed by atoms with E-state index in [0.717, 1.165) is 24.5 Å². The Bertz CT molecular complexity index is 492. The summed E-state index contributed by atoms with van der Waals surface area (Å²) in [5.41, 5.74) is 4.13. The normalized spacial score (nSPS) is 23.8. The molecular formula is C17H23N3O. The summed E-state index contributed by atoms with van der Waals surface area (Å²) >= 11 is 0. The van der Waals surface area contributed by atoms with Gasteiger partial charge in [-0.2, -0.15) is 0 Å². The molecule has 112 valence electrons. The fourth-order valence-corrected chi connectivity index (χ4v) is 2.76. The highest BCUT2D eigenvalue weighted by Gasteiger charge is 2.19. The minimum absolute atomic E-state index is 0.164. The summed E-state index contributed by atoms with van der Waals surface area (Å²) in [6, 6.07) is 10.2. The zero-order valence-electron chi connectivity index (χ0n) is 12.4. The Hall–Kier alpha value is -1.65. The molecule has 2 aliphatic heterocycles. The predicted molar refractivity (Wildman–Crippen MR) is 86.1 cm³/mol. The van der Waals surface area contributed by atoms with Gasteiger partial charge in [0.1, 0.15) is 11.9 Å². The van der Waals surface area contributed by atoms with E-state index in [-0.39, 0.29) is 6.10 Å². The van der Waals surface area contributed by atoms with E-state index in [0.29, 0.717) is 0 Å². The van der Waals surface area contributed by atoms with E-state index in [9.17, 15) is 0 Å². The molecule has 1 N–H and O–H groups in total. The van der Waals surface area contributed by atoms with Crippen LogP contribution < -0.4 is 5.48 Å². The maximum absolute atomic E-state index is 5.71. The highest BCUT2D eigenvalue weighted by Crippen LogP contribution is 2.11. The largest absolute Gasteiger partial charge is 0.301 e. The molecule has 21 heavy (non-hydrogen) atoms. The second-order valence-corrected chi connectivity index (χ2v) is 5.67. The molecule has 1 fully saturated rings. The van der Waals surface area contributed by atoms with Crippen LogP contribution in [0.4, 0.5) is 0 Å². The van der Waals surface area contributed by atoms with Crippen molar-refractivity contribution in [2.75, 3.05) is 26.2 Å². The van der Waals surface area contributed by atoms with Crippen molar-refractivity contribution in [3.63, 3.8) is 0 Å². The molecule has 0 saturated carbocycles. The molecule has 0 bridgehead atoms. The van der Waals surface area contributed by atoms with E-state index < -0.39 is 0 Å². The molecule has 2 heterocycles. The van der Waals surface area contributed by atoms with Gasteiger partial charge in [-0.3, -0.25) is 9.83 Å². The Morgan fingerprint density at radius 3 is 2.67 bits per heavy atom. The molecule has 0 aliphatic carbocycles. The molecule has 0 aromatic heterocycles. The monoisotopic (exact) mass is 285 g/mol. The number of amidine groups is 1. The molecule has 2 aliphatic rings. The number of likely N-dealkylation sites (tertiary alicyclic amines) is 1.